The minimum absolute atomic E-state index is 0.00989. The monoisotopic (exact) mass is 485 g/mol. The molecule has 0 unspecified atom stereocenters. The van der Waals surface area contributed by atoms with Crippen LogP contribution in [0, 0.1) is 0 Å². The quantitative estimate of drug-likeness (QED) is 0.597. The summed E-state index contributed by atoms with van der Waals surface area (Å²) in [7, 11) is 0. The van der Waals surface area contributed by atoms with Gasteiger partial charge in [-0.2, -0.15) is 13.2 Å². The Kier molecular flexibility index (Phi) is 7.44. The number of anilines is 2. The van der Waals surface area contributed by atoms with Crippen LogP contribution in [0.15, 0.2) is 28.6 Å². The van der Waals surface area contributed by atoms with Crippen molar-refractivity contribution in [2.75, 3.05) is 42.1 Å². The van der Waals surface area contributed by atoms with Crippen LogP contribution in [0.4, 0.5) is 24.0 Å². The average Bonchev–Trinajstić information content (AvgIpc) is 3.25. The number of piperazine rings is 1. The number of hydrogen-bond donors (Lipinski definition) is 1. The van der Waals surface area contributed by atoms with E-state index in [-0.39, 0.29) is 11.7 Å². The van der Waals surface area contributed by atoms with Gasteiger partial charge in [0.15, 0.2) is 4.34 Å². The fourth-order valence-corrected chi connectivity index (χ4v) is 5.79. The molecule has 1 aromatic carbocycles. The predicted octanol–water partition coefficient (Wildman–Crippen LogP) is 4.74. The van der Waals surface area contributed by atoms with Gasteiger partial charge in [-0.1, -0.05) is 48.4 Å². The van der Waals surface area contributed by atoms with Gasteiger partial charge in [0.05, 0.1) is 11.3 Å². The van der Waals surface area contributed by atoms with Crippen molar-refractivity contribution in [1.29, 1.82) is 0 Å². The first-order chi connectivity index (χ1) is 15.4. The zero-order valence-electron chi connectivity index (χ0n) is 17.6. The van der Waals surface area contributed by atoms with Crippen molar-refractivity contribution >= 4 is 39.8 Å². The number of carbonyl (C=O) groups excluding carboxylic acids is 1. The second kappa shape index (κ2) is 10.3. The summed E-state index contributed by atoms with van der Waals surface area (Å²) in [6.45, 7) is 1.98. The minimum atomic E-state index is -4.36. The molecule has 1 saturated heterocycles. The van der Waals surface area contributed by atoms with Crippen LogP contribution in [-0.2, 0) is 11.0 Å². The van der Waals surface area contributed by atoms with Gasteiger partial charge in [-0.3, -0.25) is 4.79 Å². The molecule has 1 saturated carbocycles. The zero-order chi connectivity index (χ0) is 22.6. The van der Waals surface area contributed by atoms with Crippen molar-refractivity contribution in [1.82, 2.24) is 15.1 Å². The molecular formula is C21H26F3N5OS2. The SMILES string of the molecule is O=C(CSc1nnc(NC2CCCCC2)s1)N1CCN(c2cccc(C(F)(F)F)c2)CC1. The minimum Gasteiger partial charge on any atom is -0.368 e. The molecule has 1 amide bonds. The highest BCUT2D eigenvalue weighted by molar-refractivity contribution is 8.01. The van der Waals surface area contributed by atoms with Gasteiger partial charge in [0.2, 0.25) is 11.0 Å². The summed E-state index contributed by atoms with van der Waals surface area (Å²) in [5.41, 5.74) is -0.118. The number of benzene rings is 1. The van der Waals surface area contributed by atoms with Crippen molar-refractivity contribution in [2.24, 2.45) is 0 Å². The van der Waals surface area contributed by atoms with Gasteiger partial charge in [-0.05, 0) is 31.0 Å². The summed E-state index contributed by atoms with van der Waals surface area (Å²) in [6.07, 6.45) is 1.74. The number of carbonyl (C=O) groups is 1. The molecule has 32 heavy (non-hydrogen) atoms. The van der Waals surface area contributed by atoms with E-state index in [0.29, 0.717) is 37.9 Å². The maximum absolute atomic E-state index is 13.0. The van der Waals surface area contributed by atoms with Gasteiger partial charge in [0.1, 0.15) is 0 Å². The molecule has 11 heteroatoms. The fourth-order valence-electron chi connectivity index (χ4n) is 4.06. The van der Waals surface area contributed by atoms with Crippen molar-refractivity contribution < 1.29 is 18.0 Å². The Morgan fingerprint density at radius 2 is 1.88 bits per heavy atom. The number of rotatable bonds is 6. The van der Waals surface area contributed by atoms with Gasteiger partial charge in [0, 0.05) is 37.9 Å². The lowest BCUT2D eigenvalue weighted by atomic mass is 9.96. The first-order valence-electron chi connectivity index (χ1n) is 10.8. The van der Waals surface area contributed by atoms with Crippen molar-refractivity contribution in [3.05, 3.63) is 29.8 Å². The lowest BCUT2D eigenvalue weighted by molar-refractivity contribution is -0.137. The number of alkyl halides is 3. The molecular weight excluding hydrogens is 459 g/mol. The van der Waals surface area contributed by atoms with Crippen LogP contribution in [0.3, 0.4) is 0 Å². The Balaban J connectivity index is 1.23. The van der Waals surface area contributed by atoms with Crippen LogP contribution in [0.25, 0.3) is 0 Å². The van der Waals surface area contributed by atoms with Crippen molar-refractivity contribution in [2.45, 2.75) is 48.7 Å². The number of nitrogens with one attached hydrogen (secondary N) is 1. The number of aromatic nitrogens is 2. The third-order valence-electron chi connectivity index (χ3n) is 5.83. The number of thioether (sulfide) groups is 1. The van der Waals surface area contributed by atoms with E-state index in [2.05, 4.69) is 15.5 Å². The van der Waals surface area contributed by atoms with E-state index < -0.39 is 11.7 Å². The molecule has 1 aromatic heterocycles. The maximum Gasteiger partial charge on any atom is 0.416 e. The van der Waals surface area contributed by atoms with E-state index in [0.717, 1.165) is 28.4 Å². The molecule has 2 aromatic rings. The Labute approximate surface area is 193 Å². The van der Waals surface area contributed by atoms with E-state index in [1.807, 2.05) is 4.90 Å². The van der Waals surface area contributed by atoms with Gasteiger partial charge < -0.3 is 15.1 Å². The van der Waals surface area contributed by atoms with E-state index in [1.54, 1.807) is 11.0 Å². The number of amides is 1. The first-order valence-corrected chi connectivity index (χ1v) is 12.6. The molecule has 2 fully saturated rings. The van der Waals surface area contributed by atoms with Crippen molar-refractivity contribution in [3.8, 4) is 0 Å². The Bertz CT molecular complexity index is 909. The normalized spacial score (nSPS) is 18.1. The predicted molar refractivity (Wildman–Crippen MR) is 121 cm³/mol. The maximum atomic E-state index is 13.0. The van der Waals surface area contributed by atoms with Crippen LogP contribution in [0.1, 0.15) is 37.7 Å². The highest BCUT2D eigenvalue weighted by Crippen LogP contribution is 2.32. The number of hydrogen-bond acceptors (Lipinski definition) is 7. The van der Waals surface area contributed by atoms with E-state index in [4.69, 9.17) is 0 Å². The van der Waals surface area contributed by atoms with Crippen LogP contribution in [0.2, 0.25) is 0 Å². The molecule has 0 radical (unpaired) electrons. The fraction of sp³-hybridized carbons (Fsp3) is 0.571. The standard InChI is InChI=1S/C21H26F3N5OS2/c22-21(23,24)15-5-4-8-17(13-15)28-9-11-29(12-10-28)18(30)14-31-20-27-26-19(32-20)25-16-6-2-1-3-7-16/h4-5,8,13,16H,1-3,6-7,9-12,14H2,(H,25,26). The molecule has 0 bridgehead atoms. The summed E-state index contributed by atoms with van der Waals surface area (Å²) in [6, 6.07) is 5.80. The van der Waals surface area contributed by atoms with Gasteiger partial charge in [-0.15, -0.1) is 10.2 Å². The van der Waals surface area contributed by atoms with Crippen LogP contribution in [0.5, 0.6) is 0 Å². The molecule has 2 heterocycles. The summed E-state index contributed by atoms with van der Waals surface area (Å²) in [5, 5.41) is 12.6. The van der Waals surface area contributed by atoms with E-state index in [1.165, 1.54) is 54.5 Å². The molecule has 4 rings (SSSR count). The first kappa shape index (κ1) is 23.2. The lowest BCUT2D eigenvalue weighted by Gasteiger charge is -2.36. The number of nitrogens with zero attached hydrogens (tertiary/aromatic N) is 4. The highest BCUT2D eigenvalue weighted by atomic mass is 32.2. The van der Waals surface area contributed by atoms with Gasteiger partial charge >= 0.3 is 6.18 Å². The molecule has 1 aliphatic carbocycles. The Morgan fingerprint density at radius 1 is 1.12 bits per heavy atom. The second-order valence-corrected chi connectivity index (χ2v) is 10.3. The molecule has 2 aliphatic rings. The van der Waals surface area contributed by atoms with Crippen LogP contribution >= 0.6 is 23.1 Å². The van der Waals surface area contributed by atoms with Gasteiger partial charge in [-0.25, -0.2) is 0 Å². The molecule has 1 N–H and O–H groups in total. The lowest BCUT2D eigenvalue weighted by Crippen LogP contribution is -2.49. The highest BCUT2D eigenvalue weighted by Gasteiger charge is 2.31. The van der Waals surface area contributed by atoms with Crippen LogP contribution < -0.4 is 10.2 Å². The Morgan fingerprint density at radius 3 is 2.59 bits per heavy atom. The van der Waals surface area contributed by atoms with E-state index in [9.17, 15) is 18.0 Å². The molecule has 6 nitrogen and oxygen atoms in total. The molecule has 174 valence electrons. The molecule has 0 spiro atoms. The summed E-state index contributed by atoms with van der Waals surface area (Å²) >= 11 is 2.86. The zero-order valence-corrected chi connectivity index (χ0v) is 19.2. The number of halogens is 3. The molecule has 0 atom stereocenters. The smallest absolute Gasteiger partial charge is 0.368 e. The third-order valence-corrected chi connectivity index (χ3v) is 7.80. The largest absolute Gasteiger partial charge is 0.416 e. The Hall–Kier alpha value is -2.01. The molecule has 1 aliphatic heterocycles. The van der Waals surface area contributed by atoms with Crippen molar-refractivity contribution in [3.63, 3.8) is 0 Å². The van der Waals surface area contributed by atoms with Crippen LogP contribution in [-0.4, -0.2) is 59.0 Å². The second-order valence-electron chi connectivity index (χ2n) is 8.06. The average molecular weight is 486 g/mol. The summed E-state index contributed by atoms with van der Waals surface area (Å²) in [5.74, 6) is 0.289. The topological polar surface area (TPSA) is 61.4 Å². The van der Waals surface area contributed by atoms with E-state index >= 15 is 0 Å². The summed E-state index contributed by atoms with van der Waals surface area (Å²) in [4.78, 5) is 16.3. The summed E-state index contributed by atoms with van der Waals surface area (Å²) < 4.78 is 39.6. The van der Waals surface area contributed by atoms with Gasteiger partial charge in [0.25, 0.3) is 0 Å². The third kappa shape index (κ3) is 6.06.